The van der Waals surface area contributed by atoms with Crippen LogP contribution < -0.4 is 21.1 Å². The number of nitrogens with zero attached hydrogens (tertiary/aromatic N) is 5. The van der Waals surface area contributed by atoms with Crippen LogP contribution in [0.25, 0.3) is 16.7 Å². The molecular weight excluding hydrogens is 442 g/mol. The van der Waals surface area contributed by atoms with Gasteiger partial charge in [-0.25, -0.2) is 9.97 Å². The molecule has 0 bridgehead atoms. The van der Waals surface area contributed by atoms with Crippen LogP contribution in [0, 0.1) is 0 Å². The topological polar surface area (TPSA) is 95.4 Å². The second-order valence-corrected chi connectivity index (χ2v) is 8.68. The minimum Gasteiger partial charge on any atom is -0.369 e. The maximum absolute atomic E-state index is 12.8. The van der Waals surface area contributed by atoms with E-state index in [9.17, 15) is 9.59 Å². The molecule has 0 spiro atoms. The maximum atomic E-state index is 12.8. The molecule has 1 amide bonds. The number of fused-ring (bicyclic) bond motifs is 1. The van der Waals surface area contributed by atoms with Gasteiger partial charge in [0.15, 0.2) is 0 Å². The molecule has 1 aliphatic heterocycles. The third kappa shape index (κ3) is 4.99. The van der Waals surface area contributed by atoms with E-state index in [-0.39, 0.29) is 11.5 Å². The number of benzene rings is 2. The average molecular weight is 470 g/mol. The highest BCUT2D eigenvalue weighted by atomic mass is 16.1. The molecular formula is C26H27N7O2. The molecule has 5 rings (SSSR count). The third-order valence-corrected chi connectivity index (χ3v) is 6.09. The molecule has 1 saturated heterocycles. The summed E-state index contributed by atoms with van der Waals surface area (Å²) in [4.78, 5) is 37.5. The van der Waals surface area contributed by atoms with Crippen LogP contribution in [0.4, 0.5) is 22.9 Å². The minimum atomic E-state index is -0.251. The number of pyridine rings is 1. The lowest BCUT2D eigenvalue weighted by Crippen LogP contribution is -2.44. The largest absolute Gasteiger partial charge is 0.369 e. The SMILES string of the molecule is CC(=O)Nc1ccc(-n2c(=O)cnc3cnc(Nc4ccc(N5CCN(C)CC5)cc4)cc32)cc1. The molecule has 9 nitrogen and oxygen atoms in total. The molecule has 0 aliphatic carbocycles. The van der Waals surface area contributed by atoms with Crippen molar-refractivity contribution in [2.45, 2.75) is 6.92 Å². The van der Waals surface area contributed by atoms with Gasteiger partial charge in [0.05, 0.1) is 17.9 Å². The van der Waals surface area contributed by atoms with Crippen LogP contribution in [0.15, 0.2) is 71.8 Å². The highest BCUT2D eigenvalue weighted by molar-refractivity contribution is 5.88. The van der Waals surface area contributed by atoms with Crippen LogP contribution in [-0.2, 0) is 4.79 Å². The van der Waals surface area contributed by atoms with Gasteiger partial charge < -0.3 is 20.4 Å². The number of piperazine rings is 1. The predicted molar refractivity (Wildman–Crippen MR) is 139 cm³/mol. The van der Waals surface area contributed by atoms with Crippen LogP contribution in [0.3, 0.4) is 0 Å². The van der Waals surface area contributed by atoms with Crippen molar-refractivity contribution in [3.05, 3.63) is 77.3 Å². The van der Waals surface area contributed by atoms with E-state index >= 15 is 0 Å². The molecule has 0 saturated carbocycles. The predicted octanol–water partition coefficient (Wildman–Crippen LogP) is 3.23. The Morgan fingerprint density at radius 1 is 0.857 bits per heavy atom. The quantitative estimate of drug-likeness (QED) is 0.463. The number of carbonyl (C=O) groups excluding carboxylic acids is 1. The summed E-state index contributed by atoms with van der Waals surface area (Å²) in [6, 6.07) is 17.2. The van der Waals surface area contributed by atoms with Crippen molar-refractivity contribution >= 4 is 39.8 Å². The highest BCUT2D eigenvalue weighted by Crippen LogP contribution is 2.24. The Hall–Kier alpha value is -4.24. The third-order valence-electron chi connectivity index (χ3n) is 6.09. The van der Waals surface area contributed by atoms with Gasteiger partial charge in [-0.15, -0.1) is 0 Å². The molecule has 35 heavy (non-hydrogen) atoms. The van der Waals surface area contributed by atoms with E-state index in [1.807, 2.05) is 18.2 Å². The number of likely N-dealkylation sites (N-methyl/N-ethyl adjacent to an activating group) is 1. The summed E-state index contributed by atoms with van der Waals surface area (Å²) in [7, 11) is 2.15. The van der Waals surface area contributed by atoms with Gasteiger partial charge >= 0.3 is 0 Å². The maximum Gasteiger partial charge on any atom is 0.274 e. The van der Waals surface area contributed by atoms with Gasteiger partial charge in [-0.1, -0.05) is 0 Å². The Balaban J connectivity index is 1.41. The van der Waals surface area contributed by atoms with Crippen LogP contribution in [0.1, 0.15) is 6.92 Å². The summed E-state index contributed by atoms with van der Waals surface area (Å²) >= 11 is 0. The highest BCUT2D eigenvalue weighted by Gasteiger charge is 2.14. The summed E-state index contributed by atoms with van der Waals surface area (Å²) in [5.41, 5.74) is 4.44. The second-order valence-electron chi connectivity index (χ2n) is 8.68. The zero-order valence-electron chi connectivity index (χ0n) is 19.7. The van der Waals surface area contributed by atoms with Crippen LogP contribution in [0.5, 0.6) is 0 Å². The lowest BCUT2D eigenvalue weighted by Gasteiger charge is -2.34. The standard InChI is InChI=1S/C26H27N7O2/c1-18(34)29-19-5-9-22(10-6-19)33-24-15-25(28-16-23(24)27-17-26(33)35)30-20-3-7-21(8-4-20)32-13-11-31(2)12-14-32/h3-10,15-17H,11-14H2,1-2H3,(H,28,30)(H,29,34). The fourth-order valence-electron chi connectivity index (χ4n) is 4.22. The smallest absolute Gasteiger partial charge is 0.274 e. The van der Waals surface area contributed by atoms with Gasteiger partial charge in [0, 0.05) is 61.9 Å². The minimum absolute atomic E-state index is 0.150. The normalized spacial score (nSPS) is 14.2. The molecule has 0 unspecified atom stereocenters. The van der Waals surface area contributed by atoms with E-state index < -0.39 is 0 Å². The summed E-state index contributed by atoms with van der Waals surface area (Å²) in [5.74, 6) is 0.462. The average Bonchev–Trinajstić information content (AvgIpc) is 2.85. The molecule has 1 fully saturated rings. The number of amides is 1. The fraction of sp³-hybridized carbons (Fsp3) is 0.231. The molecule has 178 valence electrons. The number of aromatic nitrogens is 3. The van der Waals surface area contributed by atoms with E-state index in [0.29, 0.717) is 28.2 Å². The van der Waals surface area contributed by atoms with Gasteiger partial charge in [-0.05, 0) is 55.6 Å². The van der Waals surface area contributed by atoms with Gasteiger partial charge in [0.2, 0.25) is 5.91 Å². The Morgan fingerprint density at radius 3 is 2.20 bits per heavy atom. The van der Waals surface area contributed by atoms with Crippen molar-refractivity contribution in [3.63, 3.8) is 0 Å². The van der Waals surface area contributed by atoms with Crippen LogP contribution >= 0.6 is 0 Å². The van der Waals surface area contributed by atoms with Crippen molar-refractivity contribution in [3.8, 4) is 5.69 Å². The monoisotopic (exact) mass is 469 g/mol. The first kappa shape index (κ1) is 22.5. The number of rotatable bonds is 5. The Labute approximate surface area is 203 Å². The van der Waals surface area contributed by atoms with Crippen LogP contribution in [0.2, 0.25) is 0 Å². The first-order valence-electron chi connectivity index (χ1n) is 11.5. The van der Waals surface area contributed by atoms with E-state index in [4.69, 9.17) is 0 Å². The number of carbonyl (C=O) groups is 1. The molecule has 2 N–H and O–H groups in total. The Bertz CT molecular complexity index is 1410. The van der Waals surface area contributed by atoms with Crippen molar-refractivity contribution < 1.29 is 4.79 Å². The molecule has 9 heteroatoms. The van der Waals surface area contributed by atoms with Crippen molar-refractivity contribution in [2.24, 2.45) is 0 Å². The van der Waals surface area contributed by atoms with Crippen molar-refractivity contribution in [1.82, 2.24) is 19.4 Å². The Kier molecular flexibility index (Phi) is 6.15. The van der Waals surface area contributed by atoms with E-state index in [1.54, 1.807) is 35.0 Å². The van der Waals surface area contributed by atoms with Gasteiger partial charge in [-0.3, -0.25) is 14.2 Å². The van der Waals surface area contributed by atoms with Gasteiger partial charge in [0.1, 0.15) is 11.3 Å². The second kappa shape index (κ2) is 9.55. The molecule has 4 aromatic rings. The van der Waals surface area contributed by atoms with Gasteiger partial charge in [-0.2, -0.15) is 0 Å². The number of hydrogen-bond donors (Lipinski definition) is 2. The zero-order chi connectivity index (χ0) is 24.4. The molecule has 0 atom stereocenters. The van der Waals surface area contributed by atoms with Crippen LogP contribution in [-0.4, -0.2) is 58.6 Å². The van der Waals surface area contributed by atoms with Crippen molar-refractivity contribution in [2.75, 3.05) is 48.8 Å². The fourth-order valence-corrected chi connectivity index (χ4v) is 4.22. The van der Waals surface area contributed by atoms with E-state index in [0.717, 1.165) is 31.9 Å². The molecule has 2 aromatic heterocycles. The summed E-state index contributed by atoms with van der Waals surface area (Å²) in [5, 5.41) is 6.07. The number of hydrogen-bond acceptors (Lipinski definition) is 7. The van der Waals surface area contributed by atoms with E-state index in [1.165, 1.54) is 18.8 Å². The zero-order valence-corrected chi connectivity index (χ0v) is 19.7. The Morgan fingerprint density at radius 2 is 1.51 bits per heavy atom. The van der Waals surface area contributed by atoms with E-state index in [2.05, 4.69) is 49.6 Å². The number of anilines is 4. The van der Waals surface area contributed by atoms with Gasteiger partial charge in [0.25, 0.3) is 5.56 Å². The first-order chi connectivity index (χ1) is 17.0. The first-order valence-corrected chi connectivity index (χ1v) is 11.5. The summed E-state index contributed by atoms with van der Waals surface area (Å²) < 4.78 is 1.59. The molecule has 1 aliphatic rings. The summed E-state index contributed by atoms with van der Waals surface area (Å²) in [6.07, 6.45) is 2.94. The number of nitrogens with one attached hydrogen (secondary N) is 2. The molecule has 3 heterocycles. The van der Waals surface area contributed by atoms with Crippen molar-refractivity contribution in [1.29, 1.82) is 0 Å². The lowest BCUT2D eigenvalue weighted by atomic mass is 10.2. The molecule has 0 radical (unpaired) electrons. The molecule has 2 aromatic carbocycles. The lowest BCUT2D eigenvalue weighted by molar-refractivity contribution is -0.114. The summed E-state index contributed by atoms with van der Waals surface area (Å²) in [6.45, 7) is 5.62.